The monoisotopic (exact) mass is 334 g/mol. The van der Waals surface area contributed by atoms with E-state index in [1.54, 1.807) is 0 Å². The molecule has 0 spiro atoms. The van der Waals surface area contributed by atoms with E-state index in [9.17, 15) is 19.5 Å². The van der Waals surface area contributed by atoms with Crippen molar-refractivity contribution in [2.75, 3.05) is 19.8 Å². The van der Waals surface area contributed by atoms with Crippen LogP contribution in [0.5, 0.6) is 0 Å². The summed E-state index contributed by atoms with van der Waals surface area (Å²) in [6.45, 7) is 5.58. The highest BCUT2D eigenvalue weighted by atomic mass is 16.6. The van der Waals surface area contributed by atoms with Crippen LogP contribution >= 0.6 is 0 Å². The number of esters is 2. The Morgan fingerprint density at radius 1 is 1.29 bits per heavy atom. The average Bonchev–Trinajstić information content (AvgIpc) is 3.36. The van der Waals surface area contributed by atoms with Crippen LogP contribution in [0.1, 0.15) is 33.2 Å². The molecule has 1 unspecified atom stereocenters. The van der Waals surface area contributed by atoms with E-state index < -0.39 is 17.9 Å². The summed E-state index contributed by atoms with van der Waals surface area (Å²) in [5.74, 6) is -2.37. The minimum absolute atomic E-state index is 0.0292. The average molecular weight is 334 g/mol. The van der Waals surface area contributed by atoms with Gasteiger partial charge in [0.15, 0.2) is 0 Å². The number of rotatable bonds is 8. The van der Waals surface area contributed by atoms with Crippen LogP contribution in [0.15, 0.2) is 30.4 Å². The van der Waals surface area contributed by atoms with Crippen molar-refractivity contribution in [3.8, 4) is 0 Å². The van der Waals surface area contributed by atoms with E-state index in [2.05, 4.69) is 6.58 Å². The maximum atomic E-state index is 12.2. The lowest BCUT2D eigenvalue weighted by Gasteiger charge is -2.12. The highest BCUT2D eigenvalue weighted by Gasteiger charge is 2.26. The van der Waals surface area contributed by atoms with Crippen molar-refractivity contribution in [2.45, 2.75) is 19.4 Å². The van der Waals surface area contributed by atoms with E-state index in [1.165, 1.54) is 25.1 Å². The lowest BCUT2D eigenvalue weighted by atomic mass is 9.98. The zero-order chi connectivity index (χ0) is 17.7. The first kappa shape index (κ1) is 17.7. The van der Waals surface area contributed by atoms with Gasteiger partial charge in [0.25, 0.3) is 0 Å². The second kappa shape index (κ2) is 7.74. The van der Waals surface area contributed by atoms with Gasteiger partial charge in [-0.2, -0.15) is 0 Å². The second-order valence-corrected chi connectivity index (χ2v) is 5.36. The third-order valence-corrected chi connectivity index (χ3v) is 3.36. The van der Waals surface area contributed by atoms with Crippen molar-refractivity contribution in [1.82, 2.24) is 0 Å². The molecule has 1 heterocycles. The van der Waals surface area contributed by atoms with Gasteiger partial charge in [-0.05, 0) is 24.6 Å². The molecule has 2 rings (SSSR count). The first-order chi connectivity index (χ1) is 11.4. The molecule has 0 aliphatic carbocycles. The van der Waals surface area contributed by atoms with Crippen molar-refractivity contribution in [3.05, 3.63) is 47.0 Å². The molecule has 1 saturated heterocycles. The Balaban J connectivity index is 2.14. The van der Waals surface area contributed by atoms with E-state index in [1.807, 2.05) is 0 Å². The van der Waals surface area contributed by atoms with Crippen LogP contribution < -0.4 is 0 Å². The van der Waals surface area contributed by atoms with Crippen molar-refractivity contribution < 1.29 is 33.7 Å². The van der Waals surface area contributed by atoms with Crippen LogP contribution in [0.4, 0.5) is 0 Å². The number of epoxide rings is 1. The number of carbonyl (C=O) groups excluding carboxylic acids is 2. The minimum atomic E-state index is -1.17. The van der Waals surface area contributed by atoms with Crippen LogP contribution in [0.25, 0.3) is 0 Å². The Morgan fingerprint density at radius 2 is 1.96 bits per heavy atom. The quantitative estimate of drug-likeness (QED) is 0.437. The third-order valence-electron chi connectivity index (χ3n) is 3.36. The van der Waals surface area contributed by atoms with Gasteiger partial charge in [-0.3, -0.25) is 0 Å². The van der Waals surface area contributed by atoms with Crippen molar-refractivity contribution in [1.29, 1.82) is 0 Å². The molecule has 128 valence electrons. The van der Waals surface area contributed by atoms with E-state index in [0.717, 1.165) is 0 Å². The van der Waals surface area contributed by atoms with Gasteiger partial charge in [0.1, 0.15) is 12.7 Å². The molecule has 0 amide bonds. The maximum Gasteiger partial charge on any atom is 0.338 e. The van der Waals surface area contributed by atoms with E-state index >= 15 is 0 Å². The topological polar surface area (TPSA) is 102 Å². The van der Waals surface area contributed by atoms with Crippen molar-refractivity contribution >= 4 is 17.9 Å². The summed E-state index contributed by atoms with van der Waals surface area (Å²) >= 11 is 0. The Morgan fingerprint density at radius 3 is 2.54 bits per heavy atom. The first-order valence-corrected chi connectivity index (χ1v) is 7.36. The zero-order valence-corrected chi connectivity index (χ0v) is 13.2. The second-order valence-electron chi connectivity index (χ2n) is 5.36. The van der Waals surface area contributed by atoms with Gasteiger partial charge in [-0.15, -0.1) is 0 Å². The number of carboxylic acid groups (broad SMARTS) is 1. The summed E-state index contributed by atoms with van der Waals surface area (Å²) in [6, 6.07) is 4.34. The molecule has 1 aromatic carbocycles. The zero-order valence-electron chi connectivity index (χ0n) is 13.2. The van der Waals surface area contributed by atoms with E-state index in [0.29, 0.717) is 6.61 Å². The molecule has 7 nitrogen and oxygen atoms in total. The molecule has 0 aromatic heterocycles. The summed E-state index contributed by atoms with van der Waals surface area (Å²) in [7, 11) is 0. The van der Waals surface area contributed by atoms with Crippen molar-refractivity contribution in [3.63, 3.8) is 0 Å². The molecule has 1 atom stereocenters. The lowest BCUT2D eigenvalue weighted by Crippen LogP contribution is -2.17. The van der Waals surface area contributed by atoms with Crippen LogP contribution in [-0.2, 0) is 25.4 Å². The van der Waals surface area contributed by atoms with Gasteiger partial charge < -0.3 is 19.3 Å². The van der Waals surface area contributed by atoms with Gasteiger partial charge >= 0.3 is 17.9 Å². The fourth-order valence-corrected chi connectivity index (χ4v) is 2.03. The smallest absolute Gasteiger partial charge is 0.338 e. The molecule has 0 radical (unpaired) electrons. The molecule has 24 heavy (non-hydrogen) atoms. The number of hydrogen-bond acceptors (Lipinski definition) is 6. The molecule has 1 aliphatic rings. The number of carbonyl (C=O) groups is 3. The fourth-order valence-electron chi connectivity index (χ4n) is 2.03. The molecule has 1 aromatic rings. The molecular weight excluding hydrogens is 316 g/mol. The molecule has 1 fully saturated rings. The van der Waals surface area contributed by atoms with Gasteiger partial charge in [-0.25, -0.2) is 14.4 Å². The molecule has 0 bridgehead atoms. The normalized spacial score (nSPS) is 15.5. The van der Waals surface area contributed by atoms with Gasteiger partial charge in [0.05, 0.1) is 24.3 Å². The number of hydrogen-bond donors (Lipinski definition) is 1. The first-order valence-electron chi connectivity index (χ1n) is 7.36. The van der Waals surface area contributed by atoms with Crippen molar-refractivity contribution in [2.24, 2.45) is 0 Å². The van der Waals surface area contributed by atoms with Gasteiger partial charge in [0, 0.05) is 12.0 Å². The minimum Gasteiger partial charge on any atom is -0.478 e. The molecule has 1 N–H and O–H groups in total. The molecule has 7 heteroatoms. The fraction of sp³-hybridized carbons (Fsp3) is 0.353. The highest BCUT2D eigenvalue weighted by Crippen LogP contribution is 2.19. The van der Waals surface area contributed by atoms with Crippen LogP contribution in [0.3, 0.4) is 0 Å². The summed E-state index contributed by atoms with van der Waals surface area (Å²) in [5, 5.41) is 9.30. The SMILES string of the molecule is C=C(C)C(=O)OCCc1c(C(=O)O)cccc1C(=O)OCC1CO1. The summed E-state index contributed by atoms with van der Waals surface area (Å²) < 4.78 is 15.1. The number of aromatic carboxylic acids is 1. The van der Waals surface area contributed by atoms with Gasteiger partial charge in [0.2, 0.25) is 0 Å². The molecule has 1 aliphatic heterocycles. The lowest BCUT2D eigenvalue weighted by molar-refractivity contribution is -0.138. The summed E-state index contributed by atoms with van der Waals surface area (Å²) in [5.41, 5.74) is 0.618. The standard InChI is InChI=1S/C17H18O7/c1-10(2)16(20)22-7-6-12-13(15(18)19)4-3-5-14(12)17(21)24-9-11-8-23-11/h3-5,11H,1,6-9H2,2H3,(H,18,19). The molecule has 0 saturated carbocycles. The number of ether oxygens (including phenoxy) is 3. The van der Waals surface area contributed by atoms with E-state index in [-0.39, 0.29) is 48.0 Å². The van der Waals surface area contributed by atoms with Crippen LogP contribution in [-0.4, -0.2) is 48.9 Å². The van der Waals surface area contributed by atoms with E-state index in [4.69, 9.17) is 14.2 Å². The maximum absolute atomic E-state index is 12.2. The van der Waals surface area contributed by atoms with Crippen LogP contribution in [0, 0.1) is 0 Å². The number of benzene rings is 1. The predicted octanol–water partition coefficient (Wildman–Crippen LogP) is 1.60. The summed E-state index contributed by atoms with van der Waals surface area (Å²) in [4.78, 5) is 35.0. The third kappa shape index (κ3) is 4.66. The highest BCUT2D eigenvalue weighted by molar-refractivity contribution is 5.97. The van der Waals surface area contributed by atoms with Gasteiger partial charge in [-0.1, -0.05) is 12.6 Å². The Hall–Kier alpha value is -2.67. The Labute approximate surface area is 138 Å². The number of carboxylic acids is 1. The molecular formula is C17H18O7. The Bertz CT molecular complexity index is 674. The van der Waals surface area contributed by atoms with Crippen LogP contribution in [0.2, 0.25) is 0 Å². The predicted molar refractivity (Wildman–Crippen MR) is 82.9 cm³/mol. The largest absolute Gasteiger partial charge is 0.478 e. The Kier molecular flexibility index (Phi) is 5.70. The summed E-state index contributed by atoms with van der Waals surface area (Å²) in [6.07, 6.45) is -0.0112.